The number of amides is 3. The first-order valence-electron chi connectivity index (χ1n) is 13.0. The molecule has 1 saturated heterocycles. The normalized spacial score (nSPS) is 18.4. The Morgan fingerprint density at radius 3 is 2.45 bits per heavy atom. The number of nitrogens with zero attached hydrogens (tertiary/aromatic N) is 1. The van der Waals surface area contributed by atoms with Crippen LogP contribution in [0.25, 0.3) is 6.08 Å². The second kappa shape index (κ2) is 12.8. The number of benzene rings is 2. The first kappa shape index (κ1) is 28.2. The van der Waals surface area contributed by atoms with Crippen molar-refractivity contribution in [3.63, 3.8) is 0 Å². The number of hydrogen-bond acceptors (Lipinski definition) is 6. The van der Waals surface area contributed by atoms with Crippen molar-refractivity contribution in [2.75, 3.05) is 26.8 Å². The molecule has 38 heavy (non-hydrogen) atoms. The lowest BCUT2D eigenvalue weighted by molar-refractivity contribution is -0.128. The van der Waals surface area contributed by atoms with Crippen LogP contribution >= 0.6 is 27.7 Å². The Bertz CT molecular complexity index is 1210. The fourth-order valence-corrected chi connectivity index (χ4v) is 6.22. The van der Waals surface area contributed by atoms with Gasteiger partial charge in [-0.05, 0) is 73.0 Å². The number of rotatable bonds is 9. The highest BCUT2D eigenvalue weighted by molar-refractivity contribution is 9.10. The van der Waals surface area contributed by atoms with E-state index in [9.17, 15) is 14.4 Å². The van der Waals surface area contributed by atoms with Crippen LogP contribution in [0.1, 0.15) is 56.6 Å². The first-order chi connectivity index (χ1) is 18.4. The highest BCUT2D eigenvalue weighted by atomic mass is 79.9. The van der Waals surface area contributed by atoms with Gasteiger partial charge in [-0.15, -0.1) is 0 Å². The van der Waals surface area contributed by atoms with E-state index in [0.29, 0.717) is 23.0 Å². The average molecular weight is 602 g/mol. The van der Waals surface area contributed by atoms with Crippen molar-refractivity contribution in [3.8, 4) is 11.5 Å². The topological polar surface area (TPSA) is 84.9 Å². The molecule has 2 fully saturated rings. The molecule has 1 N–H and O–H groups in total. The standard InChI is InChI=1S/C29H33BrN2O5S/c1-3-37-23-13-8-20(18-24(23)36-2)19-25-26(33)32(28(35)38-25)17-16-31-27(34)29(14-6-4-5-7-15-29)21-9-11-22(30)12-10-21/h8-13,18-19H,3-7,14-17H2,1-2H3,(H,31,34)/b25-19+. The third-order valence-corrected chi connectivity index (χ3v) is 8.50. The number of hydrogen-bond donors (Lipinski definition) is 1. The molecule has 202 valence electrons. The van der Waals surface area contributed by atoms with Gasteiger partial charge in [0.1, 0.15) is 0 Å². The van der Waals surface area contributed by atoms with Gasteiger partial charge in [0, 0.05) is 17.6 Å². The van der Waals surface area contributed by atoms with Crippen LogP contribution in [0.3, 0.4) is 0 Å². The SMILES string of the molecule is CCOc1ccc(/C=C2/SC(=O)N(CCNC(=O)C3(c4ccc(Br)cc4)CCCCCC3)C2=O)cc1OC. The molecule has 2 aliphatic rings. The van der Waals surface area contributed by atoms with E-state index in [1.165, 1.54) is 4.90 Å². The summed E-state index contributed by atoms with van der Waals surface area (Å²) >= 11 is 4.39. The lowest BCUT2D eigenvalue weighted by Crippen LogP contribution is -2.47. The quantitative estimate of drug-likeness (QED) is 0.268. The molecule has 9 heteroatoms. The minimum absolute atomic E-state index is 0.0364. The molecule has 0 radical (unpaired) electrons. The Balaban J connectivity index is 1.42. The molecule has 2 aromatic carbocycles. The molecule has 0 bridgehead atoms. The zero-order valence-corrected chi connectivity index (χ0v) is 24.2. The van der Waals surface area contributed by atoms with Gasteiger partial charge < -0.3 is 14.8 Å². The Hall–Kier alpha value is -2.78. The lowest BCUT2D eigenvalue weighted by Gasteiger charge is -2.32. The molecule has 1 saturated carbocycles. The summed E-state index contributed by atoms with van der Waals surface area (Å²) in [5, 5.41) is 2.70. The van der Waals surface area contributed by atoms with Crippen LogP contribution in [0, 0.1) is 0 Å². The van der Waals surface area contributed by atoms with Crippen molar-refractivity contribution < 1.29 is 23.9 Å². The second-order valence-corrected chi connectivity index (χ2v) is 11.3. The number of ether oxygens (including phenoxy) is 2. The third-order valence-electron chi connectivity index (χ3n) is 7.07. The Labute approximate surface area is 236 Å². The van der Waals surface area contributed by atoms with Gasteiger partial charge >= 0.3 is 0 Å². The van der Waals surface area contributed by atoms with E-state index in [1.807, 2.05) is 37.3 Å². The van der Waals surface area contributed by atoms with Crippen molar-refractivity contribution in [1.29, 1.82) is 0 Å². The van der Waals surface area contributed by atoms with Gasteiger partial charge in [-0.1, -0.05) is 59.8 Å². The van der Waals surface area contributed by atoms with Gasteiger partial charge in [0.2, 0.25) is 5.91 Å². The van der Waals surface area contributed by atoms with Crippen molar-refractivity contribution in [2.24, 2.45) is 0 Å². The summed E-state index contributed by atoms with van der Waals surface area (Å²) in [6, 6.07) is 13.4. The highest BCUT2D eigenvalue weighted by Gasteiger charge is 2.40. The first-order valence-corrected chi connectivity index (χ1v) is 14.6. The van der Waals surface area contributed by atoms with Gasteiger partial charge in [0.25, 0.3) is 11.1 Å². The maximum atomic E-state index is 13.6. The molecular weight excluding hydrogens is 568 g/mol. The molecule has 3 amide bonds. The summed E-state index contributed by atoms with van der Waals surface area (Å²) in [5.41, 5.74) is 1.15. The van der Waals surface area contributed by atoms with E-state index < -0.39 is 5.41 Å². The largest absolute Gasteiger partial charge is 0.493 e. The highest BCUT2D eigenvalue weighted by Crippen LogP contribution is 2.39. The van der Waals surface area contributed by atoms with E-state index in [0.717, 1.165) is 65.9 Å². The minimum Gasteiger partial charge on any atom is -0.493 e. The molecule has 0 spiro atoms. The van der Waals surface area contributed by atoms with Crippen molar-refractivity contribution in [2.45, 2.75) is 50.9 Å². The van der Waals surface area contributed by atoms with Crippen LogP contribution < -0.4 is 14.8 Å². The summed E-state index contributed by atoms with van der Waals surface area (Å²) in [6.07, 6.45) is 7.48. The molecule has 0 atom stereocenters. The molecule has 4 rings (SSSR count). The molecule has 1 aliphatic carbocycles. The monoisotopic (exact) mass is 600 g/mol. The molecule has 0 unspecified atom stereocenters. The van der Waals surface area contributed by atoms with E-state index in [2.05, 4.69) is 21.2 Å². The van der Waals surface area contributed by atoms with Crippen LogP contribution in [0.5, 0.6) is 11.5 Å². The molecule has 0 aromatic heterocycles. The van der Waals surface area contributed by atoms with E-state index >= 15 is 0 Å². The lowest BCUT2D eigenvalue weighted by atomic mass is 9.73. The average Bonchev–Trinajstić information content (AvgIpc) is 3.07. The fourth-order valence-electron chi connectivity index (χ4n) is 5.09. The summed E-state index contributed by atoms with van der Waals surface area (Å²) < 4.78 is 11.9. The van der Waals surface area contributed by atoms with Crippen LogP contribution in [0.15, 0.2) is 51.8 Å². The third kappa shape index (κ3) is 6.26. The summed E-state index contributed by atoms with van der Waals surface area (Å²) in [4.78, 5) is 40.8. The second-order valence-electron chi connectivity index (χ2n) is 9.44. The predicted octanol–water partition coefficient (Wildman–Crippen LogP) is 6.30. The van der Waals surface area contributed by atoms with Crippen LogP contribution in [0.4, 0.5) is 4.79 Å². The molecule has 1 aliphatic heterocycles. The zero-order chi connectivity index (χ0) is 27.1. The van der Waals surface area contributed by atoms with E-state index in [4.69, 9.17) is 9.47 Å². The maximum absolute atomic E-state index is 13.6. The number of methoxy groups -OCH3 is 1. The summed E-state index contributed by atoms with van der Waals surface area (Å²) in [7, 11) is 1.56. The number of thioether (sulfide) groups is 1. The van der Waals surface area contributed by atoms with E-state index in [1.54, 1.807) is 25.3 Å². The number of imide groups is 1. The van der Waals surface area contributed by atoms with Crippen LogP contribution in [-0.4, -0.2) is 48.8 Å². The number of nitrogens with one attached hydrogen (secondary N) is 1. The predicted molar refractivity (Wildman–Crippen MR) is 153 cm³/mol. The van der Waals surface area contributed by atoms with E-state index in [-0.39, 0.29) is 30.1 Å². The zero-order valence-electron chi connectivity index (χ0n) is 21.8. The summed E-state index contributed by atoms with van der Waals surface area (Å²) in [6.45, 7) is 2.73. The number of halogens is 1. The van der Waals surface area contributed by atoms with Crippen molar-refractivity contribution in [3.05, 3.63) is 63.0 Å². The van der Waals surface area contributed by atoms with Gasteiger partial charge in [0.05, 0.1) is 24.0 Å². The van der Waals surface area contributed by atoms with Crippen molar-refractivity contribution in [1.82, 2.24) is 10.2 Å². The summed E-state index contributed by atoms with van der Waals surface area (Å²) in [5.74, 6) is 0.774. The molecule has 7 nitrogen and oxygen atoms in total. The fraction of sp³-hybridized carbons (Fsp3) is 0.414. The van der Waals surface area contributed by atoms with Crippen LogP contribution in [-0.2, 0) is 15.0 Å². The number of carbonyl (C=O) groups excluding carboxylic acids is 3. The van der Waals surface area contributed by atoms with Gasteiger partial charge in [-0.2, -0.15) is 0 Å². The smallest absolute Gasteiger partial charge is 0.293 e. The van der Waals surface area contributed by atoms with Crippen LogP contribution in [0.2, 0.25) is 0 Å². The molecule has 2 aromatic rings. The Morgan fingerprint density at radius 2 is 1.79 bits per heavy atom. The van der Waals surface area contributed by atoms with Gasteiger partial charge in [-0.3, -0.25) is 19.3 Å². The number of carbonyl (C=O) groups is 3. The molecular formula is C29H33BrN2O5S. The van der Waals surface area contributed by atoms with Crippen molar-refractivity contribution >= 4 is 50.8 Å². The Kier molecular flexibility index (Phi) is 9.54. The minimum atomic E-state index is -0.594. The molecule has 1 heterocycles. The van der Waals surface area contributed by atoms with Gasteiger partial charge in [-0.25, -0.2) is 0 Å². The maximum Gasteiger partial charge on any atom is 0.293 e. The Morgan fingerprint density at radius 1 is 1.08 bits per heavy atom. The van der Waals surface area contributed by atoms with Gasteiger partial charge in [0.15, 0.2) is 11.5 Å².